The Bertz CT molecular complexity index is 815. The fourth-order valence-electron chi connectivity index (χ4n) is 3.81. The fraction of sp³-hybridized carbons (Fsp3) is 0.444. The molecule has 0 amide bonds. The number of carbonyl (C=O) groups is 1. The molecule has 0 aliphatic heterocycles. The van der Waals surface area contributed by atoms with E-state index in [1.165, 1.54) is 10.2 Å². The van der Waals surface area contributed by atoms with E-state index in [0.717, 1.165) is 31.2 Å². The molecule has 1 unspecified atom stereocenters. The van der Waals surface area contributed by atoms with Gasteiger partial charge in [-0.3, -0.25) is 4.79 Å². The number of benzene rings is 1. The predicted molar refractivity (Wildman–Crippen MR) is 89.3 cm³/mol. The Morgan fingerprint density at radius 3 is 2.54 bits per heavy atom. The molecule has 8 heteroatoms. The van der Waals surface area contributed by atoms with Gasteiger partial charge in [0.1, 0.15) is 0 Å². The Labute approximate surface area is 148 Å². The SMILES string of the molecule is NC1Cc2ccc(-n3nc(C(F)(F)F)c4c3CCCC4)cc2C1.O=CO. The Balaban J connectivity index is 0.000000613. The zero-order valence-electron chi connectivity index (χ0n) is 14.1. The van der Waals surface area contributed by atoms with Crippen LogP contribution in [0.4, 0.5) is 13.2 Å². The summed E-state index contributed by atoms with van der Waals surface area (Å²) in [4.78, 5) is 8.36. The molecule has 26 heavy (non-hydrogen) atoms. The lowest BCUT2D eigenvalue weighted by molar-refractivity contribution is -0.142. The van der Waals surface area contributed by atoms with Crippen LogP contribution < -0.4 is 5.73 Å². The zero-order valence-corrected chi connectivity index (χ0v) is 14.1. The average Bonchev–Trinajstić information content (AvgIpc) is 3.14. The van der Waals surface area contributed by atoms with Gasteiger partial charge in [-0.05, 0) is 61.8 Å². The maximum Gasteiger partial charge on any atom is 0.435 e. The van der Waals surface area contributed by atoms with Gasteiger partial charge in [-0.15, -0.1) is 0 Å². The second kappa shape index (κ2) is 7.11. The van der Waals surface area contributed by atoms with Crippen LogP contribution in [0.15, 0.2) is 18.2 Å². The largest absolute Gasteiger partial charge is 0.483 e. The van der Waals surface area contributed by atoms with Crippen LogP contribution in [0.25, 0.3) is 5.69 Å². The van der Waals surface area contributed by atoms with Gasteiger partial charge in [-0.2, -0.15) is 18.3 Å². The first-order valence-electron chi connectivity index (χ1n) is 8.48. The first-order valence-corrected chi connectivity index (χ1v) is 8.48. The molecule has 2 aliphatic rings. The predicted octanol–water partition coefficient (Wildman–Crippen LogP) is 2.90. The molecule has 0 saturated carbocycles. The molecule has 2 aliphatic carbocycles. The van der Waals surface area contributed by atoms with Gasteiger partial charge in [0.15, 0.2) is 5.69 Å². The van der Waals surface area contributed by atoms with E-state index in [2.05, 4.69) is 5.10 Å². The monoisotopic (exact) mass is 367 g/mol. The Morgan fingerprint density at radius 2 is 1.85 bits per heavy atom. The summed E-state index contributed by atoms with van der Waals surface area (Å²) in [7, 11) is 0. The van der Waals surface area contributed by atoms with E-state index in [1.54, 1.807) is 0 Å². The smallest absolute Gasteiger partial charge is 0.435 e. The van der Waals surface area contributed by atoms with Gasteiger partial charge in [0, 0.05) is 17.3 Å². The van der Waals surface area contributed by atoms with Crippen LogP contribution in [0.3, 0.4) is 0 Å². The van der Waals surface area contributed by atoms with Crippen molar-refractivity contribution < 1.29 is 23.1 Å². The Morgan fingerprint density at radius 1 is 1.19 bits per heavy atom. The van der Waals surface area contributed by atoms with Gasteiger partial charge in [0.25, 0.3) is 6.47 Å². The molecule has 0 fully saturated rings. The molecular weight excluding hydrogens is 347 g/mol. The quantitative estimate of drug-likeness (QED) is 0.760. The zero-order chi connectivity index (χ0) is 18.9. The molecule has 0 radical (unpaired) electrons. The molecule has 0 bridgehead atoms. The Kier molecular flexibility index (Phi) is 5.04. The first-order chi connectivity index (χ1) is 12.3. The third-order valence-corrected chi connectivity index (χ3v) is 4.85. The van der Waals surface area contributed by atoms with E-state index in [4.69, 9.17) is 15.6 Å². The maximum absolute atomic E-state index is 13.3. The summed E-state index contributed by atoms with van der Waals surface area (Å²) < 4.78 is 41.4. The van der Waals surface area contributed by atoms with Crippen molar-refractivity contribution in [2.45, 2.75) is 50.7 Å². The molecule has 1 aromatic heterocycles. The minimum Gasteiger partial charge on any atom is -0.483 e. The minimum absolute atomic E-state index is 0.109. The number of carboxylic acid groups (broad SMARTS) is 1. The van der Waals surface area contributed by atoms with Gasteiger partial charge in [0.2, 0.25) is 0 Å². The highest BCUT2D eigenvalue weighted by atomic mass is 19.4. The lowest BCUT2D eigenvalue weighted by Crippen LogP contribution is -2.19. The molecular formula is C18H20F3N3O2. The number of alkyl halides is 3. The summed E-state index contributed by atoms with van der Waals surface area (Å²) in [6.07, 6.45) is 0.0206. The number of nitrogens with two attached hydrogens (primary N) is 1. The van der Waals surface area contributed by atoms with Crippen molar-refractivity contribution in [1.82, 2.24) is 9.78 Å². The fourth-order valence-corrected chi connectivity index (χ4v) is 3.81. The number of fused-ring (bicyclic) bond motifs is 2. The second-order valence-electron chi connectivity index (χ2n) is 6.62. The summed E-state index contributed by atoms with van der Waals surface area (Å²) in [6, 6.07) is 5.89. The van der Waals surface area contributed by atoms with Crippen molar-refractivity contribution in [3.63, 3.8) is 0 Å². The van der Waals surface area contributed by atoms with Crippen molar-refractivity contribution in [2.75, 3.05) is 0 Å². The van der Waals surface area contributed by atoms with Gasteiger partial charge in [0.05, 0.1) is 5.69 Å². The van der Waals surface area contributed by atoms with Crippen molar-refractivity contribution in [2.24, 2.45) is 5.73 Å². The van der Waals surface area contributed by atoms with Crippen molar-refractivity contribution >= 4 is 6.47 Å². The number of rotatable bonds is 1. The average molecular weight is 367 g/mol. The van der Waals surface area contributed by atoms with Crippen LogP contribution in [0.2, 0.25) is 0 Å². The molecule has 1 heterocycles. The third kappa shape index (κ3) is 3.46. The van der Waals surface area contributed by atoms with E-state index >= 15 is 0 Å². The lowest BCUT2D eigenvalue weighted by Gasteiger charge is -2.15. The molecule has 140 valence electrons. The van der Waals surface area contributed by atoms with Crippen LogP contribution in [0, 0.1) is 0 Å². The van der Waals surface area contributed by atoms with Crippen LogP contribution in [0.5, 0.6) is 0 Å². The van der Waals surface area contributed by atoms with Crippen molar-refractivity contribution in [1.29, 1.82) is 0 Å². The molecule has 5 nitrogen and oxygen atoms in total. The normalized spacial score (nSPS) is 18.5. The summed E-state index contributed by atoms with van der Waals surface area (Å²) in [5.41, 5.74) is 9.38. The molecule has 0 spiro atoms. The van der Waals surface area contributed by atoms with Crippen LogP contribution in [0.1, 0.15) is 40.9 Å². The topological polar surface area (TPSA) is 81.1 Å². The number of hydrogen-bond donors (Lipinski definition) is 2. The van der Waals surface area contributed by atoms with E-state index in [1.807, 2.05) is 18.2 Å². The van der Waals surface area contributed by atoms with E-state index < -0.39 is 11.9 Å². The second-order valence-corrected chi connectivity index (χ2v) is 6.62. The van der Waals surface area contributed by atoms with Gasteiger partial charge < -0.3 is 10.8 Å². The molecule has 0 saturated heterocycles. The molecule has 4 rings (SSSR count). The van der Waals surface area contributed by atoms with Crippen molar-refractivity contribution in [3.05, 3.63) is 46.3 Å². The van der Waals surface area contributed by atoms with Crippen molar-refractivity contribution in [3.8, 4) is 5.69 Å². The number of hydrogen-bond acceptors (Lipinski definition) is 3. The molecule has 1 aromatic carbocycles. The van der Waals surface area contributed by atoms with Crippen LogP contribution in [-0.2, 0) is 36.7 Å². The lowest BCUT2D eigenvalue weighted by atomic mass is 9.95. The molecule has 1 atom stereocenters. The van der Waals surface area contributed by atoms with E-state index in [0.29, 0.717) is 29.8 Å². The molecule has 2 aromatic rings. The van der Waals surface area contributed by atoms with Gasteiger partial charge in [-0.25, -0.2) is 4.68 Å². The van der Waals surface area contributed by atoms with Crippen LogP contribution >= 0.6 is 0 Å². The number of halogens is 3. The van der Waals surface area contributed by atoms with Gasteiger partial charge in [-0.1, -0.05) is 6.07 Å². The number of nitrogens with zero attached hydrogens (tertiary/aromatic N) is 2. The third-order valence-electron chi connectivity index (χ3n) is 4.85. The Hall–Kier alpha value is -2.35. The highest BCUT2D eigenvalue weighted by Crippen LogP contribution is 2.37. The number of aromatic nitrogens is 2. The summed E-state index contributed by atoms with van der Waals surface area (Å²) >= 11 is 0. The minimum atomic E-state index is -4.40. The molecule has 3 N–H and O–H groups in total. The van der Waals surface area contributed by atoms with Crippen LogP contribution in [-0.4, -0.2) is 27.4 Å². The first kappa shape index (κ1) is 18.4. The summed E-state index contributed by atoms with van der Waals surface area (Å²) in [5.74, 6) is 0. The maximum atomic E-state index is 13.3. The van der Waals surface area contributed by atoms with E-state index in [-0.39, 0.29) is 12.5 Å². The summed E-state index contributed by atoms with van der Waals surface area (Å²) in [6.45, 7) is -0.250. The highest BCUT2D eigenvalue weighted by molar-refractivity contribution is 5.46. The standard InChI is InChI=1S/C17H18F3N3.CH2O2/c18-17(19,20)16-14-3-1-2-4-15(14)23(22-16)13-6-5-10-7-12(21)8-11(10)9-13;2-1-3/h5-6,9,12H,1-4,7-8,21H2;1H,(H,2,3). The summed E-state index contributed by atoms with van der Waals surface area (Å²) in [5, 5.41) is 10.8. The van der Waals surface area contributed by atoms with Gasteiger partial charge >= 0.3 is 6.18 Å². The van der Waals surface area contributed by atoms with E-state index in [9.17, 15) is 13.2 Å². The highest BCUT2D eigenvalue weighted by Gasteiger charge is 2.39.